The third-order valence-electron chi connectivity index (χ3n) is 14.6. The Labute approximate surface area is 395 Å². The first-order valence-electron chi connectivity index (χ1n) is 23.5. The molecular formula is C64H44N4. The van der Waals surface area contributed by atoms with E-state index in [1.165, 1.54) is 98.9 Å². The SMILES string of the molecule is CN1c2ccccc2N(c2ccc3c(-c4cc5ccccc5c5ccccc45)c4cc(N5c6ccccc6N(C)c6ccccc65)ccc4c(-c4cccc5ccccc45)c3c2)c2ccccc21. The molecule has 0 amide bonds. The Bertz CT molecular complexity index is 3960. The first kappa shape index (κ1) is 38.4. The number of hydrogen-bond acceptors (Lipinski definition) is 4. The second-order valence-electron chi connectivity index (χ2n) is 18.2. The van der Waals surface area contributed by atoms with Crippen molar-refractivity contribution in [3.05, 3.63) is 231 Å². The summed E-state index contributed by atoms with van der Waals surface area (Å²) < 4.78 is 0. The van der Waals surface area contributed by atoms with Crippen LogP contribution in [0.3, 0.4) is 0 Å². The van der Waals surface area contributed by atoms with Crippen molar-refractivity contribution < 1.29 is 0 Å². The van der Waals surface area contributed by atoms with Crippen molar-refractivity contribution in [2.75, 3.05) is 33.7 Å². The molecule has 0 saturated carbocycles. The molecule has 320 valence electrons. The van der Waals surface area contributed by atoms with Gasteiger partial charge in [-0.3, -0.25) is 0 Å². The van der Waals surface area contributed by atoms with Gasteiger partial charge in [-0.1, -0.05) is 152 Å². The van der Waals surface area contributed by atoms with Crippen LogP contribution in [0.5, 0.6) is 0 Å². The molecule has 0 unspecified atom stereocenters. The van der Waals surface area contributed by atoms with Crippen LogP contribution in [0, 0.1) is 0 Å². The third kappa shape index (κ3) is 5.55. The summed E-state index contributed by atoms with van der Waals surface area (Å²) in [5.41, 5.74) is 16.4. The molecule has 0 N–H and O–H groups in total. The van der Waals surface area contributed by atoms with Crippen molar-refractivity contribution in [2.24, 2.45) is 0 Å². The smallest absolute Gasteiger partial charge is 0.0699 e. The van der Waals surface area contributed by atoms with Crippen molar-refractivity contribution in [3.8, 4) is 22.3 Å². The number of benzene rings is 12. The molecule has 0 bridgehead atoms. The van der Waals surface area contributed by atoms with Gasteiger partial charge in [-0.05, 0) is 155 Å². The van der Waals surface area contributed by atoms with E-state index in [2.05, 4.69) is 264 Å². The molecule has 0 fully saturated rings. The Hall–Kier alpha value is -8.86. The van der Waals surface area contributed by atoms with Crippen LogP contribution in [-0.2, 0) is 0 Å². The number of rotatable bonds is 4. The fourth-order valence-corrected chi connectivity index (χ4v) is 11.6. The molecule has 68 heavy (non-hydrogen) atoms. The highest BCUT2D eigenvalue weighted by Crippen LogP contribution is 2.56. The Balaban J connectivity index is 1.15. The van der Waals surface area contributed by atoms with Gasteiger partial charge in [0, 0.05) is 25.5 Å². The summed E-state index contributed by atoms with van der Waals surface area (Å²) >= 11 is 0. The highest BCUT2D eigenvalue weighted by Gasteiger charge is 2.31. The summed E-state index contributed by atoms with van der Waals surface area (Å²) in [6, 6.07) is 85.5. The molecule has 2 aliphatic rings. The van der Waals surface area contributed by atoms with Crippen LogP contribution in [0.25, 0.3) is 76.1 Å². The van der Waals surface area contributed by atoms with Gasteiger partial charge in [0.1, 0.15) is 0 Å². The molecule has 0 aliphatic carbocycles. The maximum atomic E-state index is 2.47. The Morgan fingerprint density at radius 3 is 1.13 bits per heavy atom. The molecule has 0 radical (unpaired) electrons. The van der Waals surface area contributed by atoms with Crippen LogP contribution < -0.4 is 19.6 Å². The molecule has 12 aromatic carbocycles. The lowest BCUT2D eigenvalue weighted by Crippen LogP contribution is -2.24. The summed E-state index contributed by atoms with van der Waals surface area (Å²) in [6.45, 7) is 0. The maximum absolute atomic E-state index is 2.47. The molecule has 2 aliphatic heterocycles. The van der Waals surface area contributed by atoms with Crippen LogP contribution >= 0.6 is 0 Å². The minimum atomic E-state index is 1.11. The Kier molecular flexibility index (Phi) is 8.38. The van der Waals surface area contributed by atoms with Crippen molar-refractivity contribution in [2.45, 2.75) is 0 Å². The quantitative estimate of drug-likeness (QED) is 0.129. The molecule has 4 heteroatoms. The predicted molar refractivity (Wildman–Crippen MR) is 290 cm³/mol. The number of fused-ring (bicyclic) bond motifs is 10. The second kappa shape index (κ2) is 14.8. The summed E-state index contributed by atoms with van der Waals surface area (Å²) in [5.74, 6) is 0. The highest BCUT2D eigenvalue weighted by atomic mass is 15.3. The van der Waals surface area contributed by atoms with E-state index in [4.69, 9.17) is 0 Å². The number of nitrogens with zero attached hydrogens (tertiary/aromatic N) is 4. The molecule has 2 heterocycles. The zero-order valence-electron chi connectivity index (χ0n) is 37.7. The minimum Gasteiger partial charge on any atom is -0.341 e. The van der Waals surface area contributed by atoms with Gasteiger partial charge in [0.15, 0.2) is 0 Å². The van der Waals surface area contributed by atoms with E-state index in [0.717, 1.165) is 34.1 Å². The van der Waals surface area contributed by atoms with Crippen molar-refractivity contribution in [1.82, 2.24) is 0 Å². The summed E-state index contributed by atoms with van der Waals surface area (Å²) in [5, 5.41) is 12.2. The van der Waals surface area contributed by atoms with Crippen LogP contribution in [0.4, 0.5) is 56.9 Å². The number of para-hydroxylation sites is 8. The van der Waals surface area contributed by atoms with Crippen LogP contribution in [0.1, 0.15) is 0 Å². The van der Waals surface area contributed by atoms with Crippen LogP contribution in [-0.4, -0.2) is 14.1 Å². The lowest BCUT2D eigenvalue weighted by atomic mass is 9.82. The van der Waals surface area contributed by atoms with Gasteiger partial charge in [-0.15, -0.1) is 0 Å². The van der Waals surface area contributed by atoms with E-state index < -0.39 is 0 Å². The molecule has 0 aromatic heterocycles. The molecule has 14 rings (SSSR count). The third-order valence-corrected chi connectivity index (χ3v) is 14.6. The normalized spacial score (nSPS) is 13.0. The topological polar surface area (TPSA) is 13.0 Å². The van der Waals surface area contributed by atoms with Gasteiger partial charge in [0.25, 0.3) is 0 Å². The fourth-order valence-electron chi connectivity index (χ4n) is 11.6. The van der Waals surface area contributed by atoms with Crippen molar-refractivity contribution in [3.63, 3.8) is 0 Å². The summed E-state index contributed by atoms with van der Waals surface area (Å²) in [6.07, 6.45) is 0. The zero-order valence-corrected chi connectivity index (χ0v) is 37.7. The fraction of sp³-hybridized carbons (Fsp3) is 0.0312. The molecule has 0 spiro atoms. The van der Waals surface area contributed by atoms with Crippen LogP contribution in [0.15, 0.2) is 231 Å². The number of hydrogen-bond donors (Lipinski definition) is 0. The van der Waals surface area contributed by atoms with E-state index in [0.29, 0.717) is 0 Å². The predicted octanol–water partition coefficient (Wildman–Crippen LogP) is 17.9. The molecular weight excluding hydrogens is 825 g/mol. The summed E-state index contributed by atoms with van der Waals surface area (Å²) in [4.78, 5) is 9.54. The van der Waals surface area contributed by atoms with Crippen LogP contribution in [0.2, 0.25) is 0 Å². The Morgan fingerprint density at radius 2 is 0.618 bits per heavy atom. The monoisotopic (exact) mass is 868 g/mol. The van der Waals surface area contributed by atoms with Gasteiger partial charge in [0.2, 0.25) is 0 Å². The average molecular weight is 869 g/mol. The van der Waals surface area contributed by atoms with Gasteiger partial charge in [-0.2, -0.15) is 0 Å². The lowest BCUT2D eigenvalue weighted by molar-refractivity contribution is 1.13. The minimum absolute atomic E-state index is 1.11. The molecule has 0 saturated heterocycles. The van der Waals surface area contributed by atoms with Crippen molar-refractivity contribution >= 4 is 111 Å². The Morgan fingerprint density at radius 1 is 0.235 bits per heavy atom. The highest BCUT2D eigenvalue weighted by molar-refractivity contribution is 6.28. The van der Waals surface area contributed by atoms with Crippen molar-refractivity contribution in [1.29, 1.82) is 0 Å². The largest absolute Gasteiger partial charge is 0.341 e. The molecule has 4 nitrogen and oxygen atoms in total. The maximum Gasteiger partial charge on any atom is 0.0699 e. The van der Waals surface area contributed by atoms with E-state index in [1.807, 2.05) is 0 Å². The van der Waals surface area contributed by atoms with Gasteiger partial charge >= 0.3 is 0 Å². The van der Waals surface area contributed by atoms with E-state index in [9.17, 15) is 0 Å². The zero-order chi connectivity index (χ0) is 45.0. The first-order chi connectivity index (χ1) is 33.6. The number of anilines is 10. The standard InChI is InChI=1S/C64H44N4/c1-65-55-26-9-13-30-59(55)67(60-31-14-10-27-56(60)65)43-35-37-51-53(39-43)63(49-25-17-20-41-18-3-5-21-45(41)49)50-36-34-44(68-61-32-15-11-28-57(61)66(2)58-29-12-16-33-62(58)68)40-54(50)64(51)52-38-42-19-4-6-22-46(42)47-23-7-8-24-48(47)52/h3-40H,1-2H3. The van der Waals surface area contributed by atoms with E-state index >= 15 is 0 Å². The van der Waals surface area contributed by atoms with Gasteiger partial charge in [0.05, 0.1) is 45.5 Å². The second-order valence-corrected chi connectivity index (χ2v) is 18.2. The van der Waals surface area contributed by atoms with E-state index in [-0.39, 0.29) is 0 Å². The van der Waals surface area contributed by atoms with Gasteiger partial charge < -0.3 is 19.6 Å². The first-order valence-corrected chi connectivity index (χ1v) is 23.5. The molecule has 0 atom stereocenters. The molecule has 12 aromatic rings. The lowest BCUT2D eigenvalue weighted by Gasteiger charge is -2.39. The average Bonchev–Trinajstić information content (AvgIpc) is 3.40. The van der Waals surface area contributed by atoms with Gasteiger partial charge in [-0.25, -0.2) is 0 Å². The van der Waals surface area contributed by atoms with E-state index in [1.54, 1.807) is 0 Å². The summed E-state index contributed by atoms with van der Waals surface area (Å²) in [7, 11) is 4.35.